The van der Waals surface area contributed by atoms with Crippen molar-refractivity contribution in [1.29, 1.82) is 0 Å². The lowest BCUT2D eigenvalue weighted by atomic mass is 10.1. The third-order valence-corrected chi connectivity index (χ3v) is 7.53. The van der Waals surface area contributed by atoms with Gasteiger partial charge < -0.3 is 14.5 Å². The molecule has 1 atom stereocenters. The van der Waals surface area contributed by atoms with Crippen LogP contribution >= 0.6 is 34.8 Å². The van der Waals surface area contributed by atoms with Crippen molar-refractivity contribution in [3.05, 3.63) is 92.1 Å². The molecule has 0 saturated carbocycles. The molecule has 1 amide bonds. The van der Waals surface area contributed by atoms with Gasteiger partial charge in [0.2, 0.25) is 0 Å². The van der Waals surface area contributed by atoms with Crippen molar-refractivity contribution in [3.63, 3.8) is 0 Å². The van der Waals surface area contributed by atoms with Crippen LogP contribution in [0.15, 0.2) is 59.5 Å². The second-order valence-corrected chi connectivity index (χ2v) is 10.8. The first-order chi connectivity index (χ1) is 20.8. The van der Waals surface area contributed by atoms with Gasteiger partial charge in [0.15, 0.2) is 5.15 Å². The Balaban J connectivity index is 1.26. The number of hydrogen-bond acceptors (Lipinski definition) is 8. The summed E-state index contributed by atoms with van der Waals surface area (Å²) in [6, 6.07) is 13.3. The number of anilines is 1. The number of carbonyl (C=O) groups excluding carboxylic acids is 1. The smallest absolute Gasteiger partial charge is 0.411 e. The highest BCUT2D eigenvalue weighted by atomic mass is 35.5. The highest BCUT2D eigenvalue weighted by molar-refractivity contribution is 6.32. The Morgan fingerprint density at radius 1 is 1.09 bits per heavy atom. The molecule has 3 aromatic heterocycles. The van der Waals surface area contributed by atoms with Crippen molar-refractivity contribution < 1.29 is 14.3 Å². The van der Waals surface area contributed by atoms with Crippen LogP contribution in [0.2, 0.25) is 15.3 Å². The number of methoxy groups -OCH3 is 1. The summed E-state index contributed by atoms with van der Waals surface area (Å²) < 4.78 is 13.0. The molecule has 6 rings (SSSR count). The van der Waals surface area contributed by atoms with Crippen LogP contribution in [0.5, 0.6) is 0 Å². The average molecular weight is 642 g/mol. The number of nitrogens with one attached hydrogen (secondary N) is 2. The van der Waals surface area contributed by atoms with Crippen molar-refractivity contribution in [1.82, 2.24) is 34.5 Å². The first kappa shape index (κ1) is 28.9. The van der Waals surface area contributed by atoms with Gasteiger partial charge in [-0.25, -0.2) is 19.4 Å². The summed E-state index contributed by atoms with van der Waals surface area (Å²) in [6.07, 6.45) is 2.13. The summed E-state index contributed by atoms with van der Waals surface area (Å²) in [5, 5.41) is 11.6. The van der Waals surface area contributed by atoms with Crippen LogP contribution in [-0.2, 0) is 15.9 Å². The predicted octanol–water partition coefficient (Wildman–Crippen LogP) is 5.57. The lowest BCUT2D eigenvalue weighted by molar-refractivity contribution is 0.107. The van der Waals surface area contributed by atoms with Gasteiger partial charge in [0.25, 0.3) is 5.56 Å². The Kier molecular flexibility index (Phi) is 8.17. The van der Waals surface area contributed by atoms with Crippen LogP contribution < -0.4 is 10.9 Å². The number of rotatable bonds is 8. The number of aromatic amines is 1. The number of benzene rings is 2. The summed E-state index contributed by atoms with van der Waals surface area (Å²) in [7, 11) is 1.53. The van der Waals surface area contributed by atoms with E-state index in [2.05, 4.69) is 20.6 Å². The standard InChI is InChI=1S/C28H23Cl3N8O4/c1-42-10-11-43-28(41)32-17-5-2-15(3-6-17)25-26(31)35-27(34-25)21-8-9-23-33-19(13-24(40)39(21)23)18-12-16(29)4-7-20(18)38-14-22(30)36-37-38/h2-7,12-14,21H,8-11H2,1H3,(H,32,41)(H,34,35)/t21-/m0/s1. The Labute approximate surface area is 259 Å². The fourth-order valence-corrected chi connectivity index (χ4v) is 5.46. The van der Waals surface area contributed by atoms with E-state index in [1.807, 2.05) is 0 Å². The van der Waals surface area contributed by atoms with Gasteiger partial charge in [0.05, 0.1) is 30.2 Å². The zero-order valence-electron chi connectivity index (χ0n) is 22.6. The number of H-pyrrole nitrogens is 1. The van der Waals surface area contributed by atoms with Crippen molar-refractivity contribution in [2.24, 2.45) is 0 Å². The number of carbonyl (C=O) groups is 1. The van der Waals surface area contributed by atoms with Gasteiger partial charge in [-0.2, -0.15) is 0 Å². The van der Waals surface area contributed by atoms with Gasteiger partial charge >= 0.3 is 6.09 Å². The van der Waals surface area contributed by atoms with Gasteiger partial charge in [0, 0.05) is 41.4 Å². The maximum Gasteiger partial charge on any atom is 0.411 e. The van der Waals surface area contributed by atoms with Gasteiger partial charge in [-0.3, -0.25) is 14.7 Å². The molecule has 12 nitrogen and oxygen atoms in total. The van der Waals surface area contributed by atoms with E-state index in [0.717, 1.165) is 5.56 Å². The molecular weight excluding hydrogens is 619 g/mol. The molecule has 4 heterocycles. The number of imidazole rings is 1. The van der Waals surface area contributed by atoms with E-state index >= 15 is 0 Å². The predicted molar refractivity (Wildman–Crippen MR) is 161 cm³/mol. The van der Waals surface area contributed by atoms with E-state index in [-0.39, 0.29) is 23.4 Å². The summed E-state index contributed by atoms with van der Waals surface area (Å²) >= 11 is 18.8. The lowest BCUT2D eigenvalue weighted by Crippen LogP contribution is -2.25. The van der Waals surface area contributed by atoms with Crippen LogP contribution in [0, 0.1) is 0 Å². The number of aryl methyl sites for hydroxylation is 1. The van der Waals surface area contributed by atoms with Crippen molar-refractivity contribution in [2.45, 2.75) is 18.9 Å². The third kappa shape index (κ3) is 6.00. The van der Waals surface area contributed by atoms with Crippen molar-refractivity contribution >= 4 is 46.6 Å². The molecule has 0 spiro atoms. The molecule has 0 radical (unpaired) electrons. The van der Waals surface area contributed by atoms with Crippen LogP contribution in [0.1, 0.15) is 24.1 Å². The largest absolute Gasteiger partial charge is 0.447 e. The highest BCUT2D eigenvalue weighted by Gasteiger charge is 2.30. The minimum absolute atomic E-state index is 0.149. The van der Waals surface area contributed by atoms with E-state index in [1.54, 1.807) is 53.2 Å². The molecule has 0 saturated heterocycles. The second kappa shape index (κ2) is 12.2. The molecule has 15 heteroatoms. The maximum absolute atomic E-state index is 13.5. The van der Waals surface area contributed by atoms with E-state index in [9.17, 15) is 9.59 Å². The number of ether oxygens (including phenoxy) is 2. The molecular formula is C28H23Cl3N8O4. The SMILES string of the molecule is COCCOC(=O)Nc1ccc(-c2nc([C@@H]3CCc4nc(-c5cc(Cl)ccc5-n5cc(Cl)nn5)cc(=O)n43)[nH]c2Cl)cc1. The highest BCUT2D eigenvalue weighted by Crippen LogP contribution is 2.35. The molecule has 0 fully saturated rings. The zero-order valence-corrected chi connectivity index (χ0v) is 24.8. The first-order valence-corrected chi connectivity index (χ1v) is 14.2. The Morgan fingerprint density at radius 2 is 1.91 bits per heavy atom. The molecule has 0 bridgehead atoms. The Hall–Kier alpha value is -4.23. The van der Waals surface area contributed by atoms with Crippen LogP contribution in [0.4, 0.5) is 10.5 Å². The molecule has 1 aliphatic rings. The third-order valence-electron chi connectivity index (χ3n) is 6.84. The topological polar surface area (TPSA) is 142 Å². The number of hydrogen-bond donors (Lipinski definition) is 2. The number of aromatic nitrogens is 7. The fourth-order valence-electron chi connectivity index (χ4n) is 4.92. The summed E-state index contributed by atoms with van der Waals surface area (Å²) in [6.45, 7) is 0.458. The molecule has 43 heavy (non-hydrogen) atoms. The summed E-state index contributed by atoms with van der Waals surface area (Å²) in [5.41, 5.74) is 3.25. The molecule has 0 unspecified atom stereocenters. The number of nitrogens with zero attached hydrogens (tertiary/aromatic N) is 6. The van der Waals surface area contributed by atoms with Gasteiger partial charge in [-0.15, -0.1) is 5.10 Å². The van der Waals surface area contributed by atoms with E-state index < -0.39 is 6.09 Å². The maximum atomic E-state index is 13.5. The molecule has 0 aliphatic carbocycles. The number of halogens is 3. The van der Waals surface area contributed by atoms with E-state index in [0.29, 0.717) is 69.6 Å². The lowest BCUT2D eigenvalue weighted by Gasteiger charge is -2.14. The quantitative estimate of drug-likeness (QED) is 0.210. The van der Waals surface area contributed by atoms with Gasteiger partial charge in [-0.05, 0) is 36.8 Å². The number of amides is 1. The van der Waals surface area contributed by atoms with Crippen LogP contribution in [0.25, 0.3) is 28.2 Å². The number of fused-ring (bicyclic) bond motifs is 1. The molecule has 220 valence electrons. The van der Waals surface area contributed by atoms with Crippen LogP contribution in [0.3, 0.4) is 0 Å². The Morgan fingerprint density at radius 3 is 2.65 bits per heavy atom. The van der Waals surface area contributed by atoms with Crippen molar-refractivity contribution in [2.75, 3.05) is 25.6 Å². The minimum atomic E-state index is -0.582. The molecule has 2 N–H and O–H groups in total. The first-order valence-electron chi connectivity index (χ1n) is 13.1. The van der Waals surface area contributed by atoms with E-state index in [4.69, 9.17) is 54.2 Å². The summed E-state index contributed by atoms with van der Waals surface area (Å²) in [4.78, 5) is 38.1. The van der Waals surface area contributed by atoms with Crippen molar-refractivity contribution in [3.8, 4) is 28.2 Å². The monoisotopic (exact) mass is 640 g/mol. The Bertz CT molecular complexity index is 1870. The molecule has 5 aromatic rings. The average Bonchev–Trinajstić information content (AvgIpc) is 3.72. The minimum Gasteiger partial charge on any atom is -0.447 e. The van der Waals surface area contributed by atoms with Gasteiger partial charge in [0.1, 0.15) is 29.1 Å². The molecule has 1 aliphatic heterocycles. The normalized spacial score (nSPS) is 14.1. The summed E-state index contributed by atoms with van der Waals surface area (Å²) in [5.74, 6) is 1.15. The molecule has 2 aromatic carbocycles. The zero-order chi connectivity index (χ0) is 30.1. The van der Waals surface area contributed by atoms with Crippen LogP contribution in [-0.4, -0.2) is 60.9 Å². The fraction of sp³-hybridized carbons (Fsp3) is 0.214. The second-order valence-electron chi connectivity index (χ2n) is 9.58. The van der Waals surface area contributed by atoms with E-state index in [1.165, 1.54) is 17.9 Å². The van der Waals surface area contributed by atoms with Gasteiger partial charge in [-0.1, -0.05) is 52.1 Å².